The molecule has 2 aliphatic rings. The molecular formula is C19H16O4. The standard InChI is InChI=1S/C19H16O4/c20-17-19(15(11-22-17)13-7-3-1-4-8-13)16(12-23-18(19)21)14-9-5-2-6-10-14/h1-10,15-16H,11-12H2. The van der Waals surface area contributed by atoms with Crippen LogP contribution in [0.15, 0.2) is 60.7 Å². The third-order valence-electron chi connectivity index (χ3n) is 4.94. The average molecular weight is 308 g/mol. The number of carbonyl (C=O) groups excluding carboxylic acids is 2. The lowest BCUT2D eigenvalue weighted by Gasteiger charge is -2.28. The van der Waals surface area contributed by atoms with E-state index in [0.29, 0.717) is 0 Å². The van der Waals surface area contributed by atoms with Crippen molar-refractivity contribution in [3.8, 4) is 0 Å². The molecule has 0 aromatic heterocycles. The van der Waals surface area contributed by atoms with Gasteiger partial charge in [0.05, 0.1) is 13.2 Å². The van der Waals surface area contributed by atoms with Gasteiger partial charge in [0.15, 0.2) is 5.41 Å². The van der Waals surface area contributed by atoms with Crippen molar-refractivity contribution in [2.45, 2.75) is 11.8 Å². The van der Waals surface area contributed by atoms with E-state index in [1.54, 1.807) is 0 Å². The number of ether oxygens (including phenoxy) is 2. The van der Waals surface area contributed by atoms with E-state index in [0.717, 1.165) is 11.1 Å². The Morgan fingerprint density at radius 1 is 0.696 bits per heavy atom. The lowest BCUT2D eigenvalue weighted by molar-refractivity contribution is -0.157. The Morgan fingerprint density at radius 2 is 1.09 bits per heavy atom. The second-order valence-corrected chi connectivity index (χ2v) is 5.99. The summed E-state index contributed by atoms with van der Waals surface area (Å²) in [4.78, 5) is 25.3. The minimum atomic E-state index is -1.28. The van der Waals surface area contributed by atoms with Crippen molar-refractivity contribution >= 4 is 11.9 Å². The first-order chi connectivity index (χ1) is 11.2. The highest BCUT2D eigenvalue weighted by Gasteiger charge is 2.67. The normalized spacial score (nSPS) is 29.6. The smallest absolute Gasteiger partial charge is 0.325 e. The number of esters is 2. The lowest BCUT2D eigenvalue weighted by Crippen LogP contribution is -2.41. The third-order valence-corrected chi connectivity index (χ3v) is 4.94. The van der Waals surface area contributed by atoms with Gasteiger partial charge >= 0.3 is 11.9 Å². The van der Waals surface area contributed by atoms with E-state index in [1.807, 2.05) is 60.7 Å². The van der Waals surface area contributed by atoms with Crippen LogP contribution in [-0.2, 0) is 19.1 Å². The minimum absolute atomic E-state index is 0.210. The maximum absolute atomic E-state index is 12.7. The summed E-state index contributed by atoms with van der Waals surface area (Å²) in [5.41, 5.74) is 0.583. The van der Waals surface area contributed by atoms with Gasteiger partial charge in [-0.1, -0.05) is 60.7 Å². The van der Waals surface area contributed by atoms with Crippen LogP contribution in [0.4, 0.5) is 0 Å². The largest absolute Gasteiger partial charge is 0.464 e. The summed E-state index contributed by atoms with van der Waals surface area (Å²) >= 11 is 0. The highest BCUT2D eigenvalue weighted by Crippen LogP contribution is 2.55. The Hall–Kier alpha value is -2.62. The molecule has 2 aliphatic heterocycles. The monoisotopic (exact) mass is 308 g/mol. The SMILES string of the molecule is O=C1OCC(c2ccccc2)C12C(=O)OCC2c1ccccc1. The Balaban J connectivity index is 1.87. The van der Waals surface area contributed by atoms with Gasteiger partial charge in [0.25, 0.3) is 0 Å². The van der Waals surface area contributed by atoms with Gasteiger partial charge in [0.1, 0.15) is 0 Å². The van der Waals surface area contributed by atoms with Crippen molar-refractivity contribution in [1.82, 2.24) is 0 Å². The molecule has 0 N–H and O–H groups in total. The molecule has 0 bridgehead atoms. The maximum Gasteiger partial charge on any atom is 0.325 e. The van der Waals surface area contributed by atoms with E-state index in [4.69, 9.17) is 9.47 Å². The van der Waals surface area contributed by atoms with Crippen molar-refractivity contribution < 1.29 is 19.1 Å². The van der Waals surface area contributed by atoms with Crippen molar-refractivity contribution in [2.75, 3.05) is 13.2 Å². The van der Waals surface area contributed by atoms with Gasteiger partial charge in [-0.15, -0.1) is 0 Å². The molecule has 116 valence electrons. The molecule has 0 radical (unpaired) electrons. The summed E-state index contributed by atoms with van der Waals surface area (Å²) in [6.45, 7) is 0.419. The molecule has 2 saturated heterocycles. The summed E-state index contributed by atoms with van der Waals surface area (Å²) < 4.78 is 10.7. The van der Waals surface area contributed by atoms with Crippen LogP contribution < -0.4 is 0 Å². The van der Waals surface area contributed by atoms with Gasteiger partial charge in [-0.3, -0.25) is 9.59 Å². The van der Waals surface area contributed by atoms with Crippen molar-refractivity contribution in [3.05, 3.63) is 71.8 Å². The van der Waals surface area contributed by atoms with Gasteiger partial charge in [0, 0.05) is 11.8 Å². The second kappa shape index (κ2) is 5.23. The van der Waals surface area contributed by atoms with Gasteiger partial charge in [-0.25, -0.2) is 0 Å². The summed E-state index contributed by atoms with van der Waals surface area (Å²) in [7, 11) is 0. The zero-order chi connectivity index (χ0) is 15.9. The van der Waals surface area contributed by atoms with Crippen LogP contribution in [-0.4, -0.2) is 25.2 Å². The number of rotatable bonds is 2. The van der Waals surface area contributed by atoms with E-state index >= 15 is 0 Å². The molecule has 1 spiro atoms. The first kappa shape index (κ1) is 14.0. The number of hydrogen-bond donors (Lipinski definition) is 0. The average Bonchev–Trinajstić information content (AvgIpc) is 3.12. The van der Waals surface area contributed by atoms with Gasteiger partial charge in [-0.05, 0) is 11.1 Å². The van der Waals surface area contributed by atoms with E-state index in [2.05, 4.69) is 0 Å². The second-order valence-electron chi connectivity index (χ2n) is 5.99. The van der Waals surface area contributed by atoms with E-state index in [9.17, 15) is 9.59 Å². The van der Waals surface area contributed by atoms with Crippen LogP contribution >= 0.6 is 0 Å². The van der Waals surface area contributed by atoms with E-state index in [-0.39, 0.29) is 25.0 Å². The van der Waals surface area contributed by atoms with Crippen LogP contribution in [0.1, 0.15) is 23.0 Å². The molecule has 0 aliphatic carbocycles. The molecule has 2 heterocycles. The van der Waals surface area contributed by atoms with Crippen LogP contribution in [0.3, 0.4) is 0 Å². The molecule has 4 nitrogen and oxygen atoms in total. The zero-order valence-electron chi connectivity index (χ0n) is 12.5. The Kier molecular flexibility index (Phi) is 3.18. The first-order valence-electron chi connectivity index (χ1n) is 7.69. The topological polar surface area (TPSA) is 52.6 Å². The molecule has 2 aromatic rings. The van der Waals surface area contributed by atoms with Gasteiger partial charge in [-0.2, -0.15) is 0 Å². The molecule has 23 heavy (non-hydrogen) atoms. The fourth-order valence-corrected chi connectivity index (χ4v) is 3.80. The molecule has 2 fully saturated rings. The van der Waals surface area contributed by atoms with Crippen LogP contribution in [0.2, 0.25) is 0 Å². The molecule has 0 saturated carbocycles. The first-order valence-corrected chi connectivity index (χ1v) is 7.69. The van der Waals surface area contributed by atoms with Crippen molar-refractivity contribution in [3.63, 3.8) is 0 Å². The summed E-state index contributed by atoms with van der Waals surface area (Å²) in [6.07, 6.45) is 0. The zero-order valence-corrected chi connectivity index (χ0v) is 12.5. The number of carbonyl (C=O) groups is 2. The van der Waals surface area contributed by atoms with Crippen LogP contribution in [0.5, 0.6) is 0 Å². The quantitative estimate of drug-likeness (QED) is 0.632. The van der Waals surface area contributed by atoms with Crippen LogP contribution in [0, 0.1) is 5.41 Å². The highest BCUT2D eigenvalue weighted by atomic mass is 16.6. The summed E-state index contributed by atoms with van der Waals surface area (Å²) in [6, 6.07) is 19.2. The van der Waals surface area contributed by atoms with Gasteiger partial charge in [0.2, 0.25) is 0 Å². The molecular weight excluding hydrogens is 292 g/mol. The fraction of sp³-hybridized carbons (Fsp3) is 0.263. The van der Waals surface area contributed by atoms with E-state index in [1.165, 1.54) is 0 Å². The predicted molar refractivity (Wildman–Crippen MR) is 82.7 cm³/mol. The fourth-order valence-electron chi connectivity index (χ4n) is 3.80. The molecule has 4 rings (SSSR count). The number of cyclic esters (lactones) is 2. The maximum atomic E-state index is 12.7. The lowest BCUT2D eigenvalue weighted by atomic mass is 9.65. The van der Waals surface area contributed by atoms with E-state index < -0.39 is 17.4 Å². The minimum Gasteiger partial charge on any atom is -0.464 e. The Morgan fingerprint density at radius 3 is 1.48 bits per heavy atom. The summed E-state index contributed by atoms with van der Waals surface area (Å²) in [5.74, 6) is -1.58. The molecule has 2 unspecified atom stereocenters. The number of hydrogen-bond acceptors (Lipinski definition) is 4. The molecule has 2 aromatic carbocycles. The molecule has 4 heteroatoms. The van der Waals surface area contributed by atoms with Crippen LogP contribution in [0.25, 0.3) is 0 Å². The third kappa shape index (κ3) is 1.91. The Labute approximate surface area is 134 Å². The Bertz CT molecular complexity index is 673. The molecule has 0 amide bonds. The summed E-state index contributed by atoms with van der Waals surface area (Å²) in [5, 5.41) is 0. The van der Waals surface area contributed by atoms with Gasteiger partial charge < -0.3 is 9.47 Å². The molecule has 2 atom stereocenters. The number of benzene rings is 2. The van der Waals surface area contributed by atoms with Crippen molar-refractivity contribution in [2.24, 2.45) is 5.41 Å². The highest BCUT2D eigenvalue weighted by molar-refractivity contribution is 6.05. The van der Waals surface area contributed by atoms with Crippen molar-refractivity contribution in [1.29, 1.82) is 0 Å². The predicted octanol–water partition coefficient (Wildman–Crippen LogP) is 2.65.